The fraction of sp³-hybridized carbons (Fsp3) is 0.944. The Hall–Kier alpha value is -0.570. The number of hydrogen-bond acceptors (Lipinski definition) is 2. The van der Waals surface area contributed by atoms with Gasteiger partial charge in [-0.25, -0.2) is 0 Å². The summed E-state index contributed by atoms with van der Waals surface area (Å²) >= 11 is 0. The third kappa shape index (κ3) is 6.82. The summed E-state index contributed by atoms with van der Waals surface area (Å²) in [5.74, 6) is 0.871. The van der Waals surface area contributed by atoms with Crippen LogP contribution in [0.5, 0.6) is 0 Å². The van der Waals surface area contributed by atoms with Crippen LogP contribution in [-0.4, -0.2) is 36.5 Å². The number of amides is 1. The molecule has 3 nitrogen and oxygen atoms in total. The molecule has 0 aromatic heterocycles. The molecule has 1 fully saturated rings. The van der Waals surface area contributed by atoms with Gasteiger partial charge < -0.3 is 10.2 Å². The first kappa shape index (κ1) is 18.5. The lowest BCUT2D eigenvalue weighted by molar-refractivity contribution is -0.129. The molecule has 0 radical (unpaired) electrons. The van der Waals surface area contributed by atoms with Gasteiger partial charge in [-0.15, -0.1) is 0 Å². The minimum absolute atomic E-state index is 0.181. The van der Waals surface area contributed by atoms with Gasteiger partial charge in [0.1, 0.15) is 0 Å². The number of nitrogens with one attached hydrogen (secondary N) is 1. The van der Waals surface area contributed by atoms with Crippen molar-refractivity contribution in [3.05, 3.63) is 0 Å². The standard InChI is InChI=1S/C18H36N2O/c1-8-9-20-12-14(11-17(2,3)4)10-15(13-20)19-16(21)18(5,6)7/h14-15H,8-13H2,1-7H3,(H,19,21). The molecule has 0 bridgehead atoms. The van der Waals surface area contributed by atoms with Crippen molar-refractivity contribution in [2.24, 2.45) is 16.7 Å². The van der Waals surface area contributed by atoms with Crippen molar-refractivity contribution in [2.75, 3.05) is 19.6 Å². The molecule has 1 saturated heterocycles. The summed E-state index contributed by atoms with van der Waals surface area (Å²) in [7, 11) is 0. The third-order valence-corrected chi connectivity index (χ3v) is 4.07. The zero-order valence-electron chi connectivity index (χ0n) is 15.3. The fourth-order valence-electron chi connectivity index (χ4n) is 3.32. The number of nitrogens with zero attached hydrogens (tertiary/aromatic N) is 1. The molecule has 1 aliphatic heterocycles. The minimum atomic E-state index is -0.299. The molecule has 1 N–H and O–H groups in total. The number of rotatable bonds is 4. The molecule has 0 aliphatic carbocycles. The Morgan fingerprint density at radius 3 is 2.24 bits per heavy atom. The lowest BCUT2D eigenvalue weighted by atomic mass is 9.79. The van der Waals surface area contributed by atoms with E-state index in [-0.39, 0.29) is 11.3 Å². The average Bonchev–Trinajstić information content (AvgIpc) is 2.25. The van der Waals surface area contributed by atoms with Gasteiger partial charge in [0, 0.05) is 24.5 Å². The van der Waals surface area contributed by atoms with E-state index < -0.39 is 0 Å². The zero-order chi connectivity index (χ0) is 16.3. The van der Waals surface area contributed by atoms with Crippen LogP contribution >= 0.6 is 0 Å². The van der Waals surface area contributed by atoms with E-state index in [0.717, 1.165) is 19.5 Å². The maximum absolute atomic E-state index is 12.3. The van der Waals surface area contributed by atoms with Crippen molar-refractivity contribution in [1.82, 2.24) is 10.2 Å². The van der Waals surface area contributed by atoms with Gasteiger partial charge in [0.05, 0.1) is 0 Å². The molecule has 1 rings (SSSR count). The smallest absolute Gasteiger partial charge is 0.225 e. The van der Waals surface area contributed by atoms with Crippen LogP contribution < -0.4 is 5.32 Å². The highest BCUT2D eigenvalue weighted by atomic mass is 16.2. The van der Waals surface area contributed by atoms with Crippen molar-refractivity contribution in [2.45, 2.75) is 73.8 Å². The van der Waals surface area contributed by atoms with E-state index in [1.165, 1.54) is 19.4 Å². The van der Waals surface area contributed by atoms with Gasteiger partial charge in [-0.05, 0) is 37.1 Å². The summed E-state index contributed by atoms with van der Waals surface area (Å²) in [5, 5.41) is 3.28. The van der Waals surface area contributed by atoms with Crippen LogP contribution in [0.25, 0.3) is 0 Å². The van der Waals surface area contributed by atoms with Gasteiger partial charge in [-0.1, -0.05) is 48.5 Å². The van der Waals surface area contributed by atoms with E-state index in [9.17, 15) is 4.79 Å². The molecule has 2 unspecified atom stereocenters. The summed E-state index contributed by atoms with van der Waals surface area (Å²) in [4.78, 5) is 14.8. The number of hydrogen-bond donors (Lipinski definition) is 1. The Morgan fingerprint density at radius 1 is 1.14 bits per heavy atom. The molecular weight excluding hydrogens is 260 g/mol. The minimum Gasteiger partial charge on any atom is -0.352 e. The normalized spacial score (nSPS) is 24.9. The van der Waals surface area contributed by atoms with Gasteiger partial charge in [-0.3, -0.25) is 4.79 Å². The van der Waals surface area contributed by atoms with Gasteiger partial charge in [0.15, 0.2) is 0 Å². The van der Waals surface area contributed by atoms with Crippen LogP contribution in [0.4, 0.5) is 0 Å². The van der Waals surface area contributed by atoms with Crippen molar-refractivity contribution in [3.63, 3.8) is 0 Å². The first-order valence-electron chi connectivity index (χ1n) is 8.54. The van der Waals surface area contributed by atoms with Crippen molar-refractivity contribution in [3.8, 4) is 0 Å². The van der Waals surface area contributed by atoms with Crippen LogP contribution in [0.1, 0.15) is 67.7 Å². The molecule has 0 aromatic carbocycles. The topological polar surface area (TPSA) is 32.3 Å². The fourth-order valence-corrected chi connectivity index (χ4v) is 3.32. The second kappa shape index (κ2) is 7.13. The molecule has 2 atom stereocenters. The Bertz CT molecular complexity index is 338. The average molecular weight is 296 g/mol. The highest BCUT2D eigenvalue weighted by molar-refractivity contribution is 5.81. The van der Waals surface area contributed by atoms with Crippen molar-refractivity contribution in [1.29, 1.82) is 0 Å². The van der Waals surface area contributed by atoms with Crippen LogP contribution in [0.2, 0.25) is 0 Å². The number of piperidine rings is 1. The van der Waals surface area contributed by atoms with E-state index in [2.05, 4.69) is 37.9 Å². The van der Waals surface area contributed by atoms with Crippen molar-refractivity contribution >= 4 is 5.91 Å². The van der Waals surface area contributed by atoms with E-state index in [1.807, 2.05) is 20.8 Å². The molecule has 0 aromatic rings. The second-order valence-corrected chi connectivity index (χ2v) is 9.05. The second-order valence-electron chi connectivity index (χ2n) is 9.05. The van der Waals surface area contributed by atoms with Crippen LogP contribution in [-0.2, 0) is 4.79 Å². The van der Waals surface area contributed by atoms with Crippen molar-refractivity contribution < 1.29 is 4.79 Å². The molecule has 1 heterocycles. The molecular formula is C18H36N2O. The Labute approximate surface area is 131 Å². The van der Waals surface area contributed by atoms with Crippen LogP contribution in [0, 0.1) is 16.7 Å². The molecule has 0 saturated carbocycles. The molecule has 3 heteroatoms. The Kier molecular flexibility index (Phi) is 6.27. The summed E-state index contributed by atoms with van der Waals surface area (Å²) in [6, 6.07) is 0.310. The van der Waals surface area contributed by atoms with Gasteiger partial charge >= 0.3 is 0 Å². The lowest BCUT2D eigenvalue weighted by Gasteiger charge is -2.41. The summed E-state index contributed by atoms with van der Waals surface area (Å²) < 4.78 is 0. The largest absolute Gasteiger partial charge is 0.352 e. The van der Waals surface area contributed by atoms with Gasteiger partial charge in [-0.2, -0.15) is 0 Å². The van der Waals surface area contributed by atoms with Gasteiger partial charge in [0.2, 0.25) is 5.91 Å². The molecule has 1 aliphatic rings. The summed E-state index contributed by atoms with van der Waals surface area (Å²) in [6.07, 6.45) is 3.54. The lowest BCUT2D eigenvalue weighted by Crippen LogP contribution is -2.53. The van der Waals surface area contributed by atoms with E-state index in [1.54, 1.807) is 0 Å². The van der Waals surface area contributed by atoms with Gasteiger partial charge in [0.25, 0.3) is 0 Å². The Morgan fingerprint density at radius 2 is 1.76 bits per heavy atom. The SMILES string of the molecule is CCCN1CC(CC(C)(C)C)CC(NC(=O)C(C)(C)C)C1. The molecule has 1 amide bonds. The first-order valence-corrected chi connectivity index (χ1v) is 8.54. The molecule has 21 heavy (non-hydrogen) atoms. The summed E-state index contributed by atoms with van der Waals surface area (Å²) in [5.41, 5.74) is 0.0606. The Balaban J connectivity index is 2.68. The highest BCUT2D eigenvalue weighted by Gasteiger charge is 2.32. The van der Waals surface area contributed by atoms with E-state index >= 15 is 0 Å². The number of likely N-dealkylation sites (tertiary alicyclic amines) is 1. The van der Waals surface area contributed by atoms with E-state index in [0.29, 0.717) is 17.4 Å². The monoisotopic (exact) mass is 296 g/mol. The van der Waals surface area contributed by atoms with Crippen LogP contribution in [0.3, 0.4) is 0 Å². The van der Waals surface area contributed by atoms with E-state index in [4.69, 9.17) is 0 Å². The maximum Gasteiger partial charge on any atom is 0.225 e. The predicted molar refractivity (Wildman–Crippen MR) is 90.3 cm³/mol. The van der Waals surface area contributed by atoms with Crippen LogP contribution in [0.15, 0.2) is 0 Å². The zero-order valence-corrected chi connectivity index (χ0v) is 15.3. The summed E-state index contributed by atoms with van der Waals surface area (Å²) in [6.45, 7) is 18.5. The number of carbonyl (C=O) groups excluding carboxylic acids is 1. The first-order chi connectivity index (χ1) is 9.51. The quantitative estimate of drug-likeness (QED) is 0.858. The maximum atomic E-state index is 12.3. The molecule has 124 valence electrons. The number of carbonyl (C=O) groups is 1. The predicted octanol–water partition coefficient (Wildman–Crippen LogP) is 3.69. The molecule has 0 spiro atoms. The highest BCUT2D eigenvalue weighted by Crippen LogP contribution is 2.30. The third-order valence-electron chi connectivity index (χ3n) is 4.07.